The van der Waals surface area contributed by atoms with E-state index in [9.17, 15) is 8.78 Å². The maximum Gasteiger partial charge on any atom is 0.264 e. The first kappa shape index (κ1) is 20.3. The van der Waals surface area contributed by atoms with Crippen LogP contribution in [0.25, 0.3) is 22.3 Å². The van der Waals surface area contributed by atoms with Crippen molar-refractivity contribution in [2.24, 2.45) is 0 Å². The molecule has 5 heterocycles. The van der Waals surface area contributed by atoms with E-state index in [0.29, 0.717) is 30.7 Å². The topological polar surface area (TPSA) is 78.4 Å². The molecule has 1 N–H and O–H groups in total. The van der Waals surface area contributed by atoms with E-state index in [1.807, 2.05) is 24.3 Å². The zero-order chi connectivity index (χ0) is 22.6. The highest BCUT2D eigenvalue weighted by Gasteiger charge is 2.53. The summed E-state index contributed by atoms with van der Waals surface area (Å²) in [6.07, 6.45) is 2.09. The Morgan fingerprint density at radius 1 is 1.06 bits per heavy atom. The summed E-state index contributed by atoms with van der Waals surface area (Å²) in [5.41, 5.74) is 4.83. The number of nitrogens with one attached hydrogen (secondary N) is 1. The summed E-state index contributed by atoms with van der Waals surface area (Å²) in [4.78, 5) is 4.53. The Morgan fingerprint density at radius 2 is 1.94 bits per heavy atom. The van der Waals surface area contributed by atoms with Gasteiger partial charge in [-0.1, -0.05) is 12.1 Å². The van der Waals surface area contributed by atoms with Crippen molar-refractivity contribution < 1.29 is 23.0 Å². The highest BCUT2D eigenvalue weighted by Crippen LogP contribution is 2.42. The first-order valence-corrected chi connectivity index (χ1v) is 10.9. The van der Waals surface area contributed by atoms with E-state index in [4.69, 9.17) is 14.2 Å². The molecule has 0 aliphatic carbocycles. The third-order valence-electron chi connectivity index (χ3n) is 6.57. The Bertz CT molecular complexity index is 1220. The number of hydrogen-bond donors (Lipinski definition) is 1. The Hall–Kier alpha value is -3.33. The van der Waals surface area contributed by atoms with Gasteiger partial charge in [-0.05, 0) is 35.2 Å². The predicted molar refractivity (Wildman–Crippen MR) is 116 cm³/mol. The lowest BCUT2D eigenvalue weighted by Gasteiger charge is -2.30. The molecule has 3 aliphatic rings. The minimum atomic E-state index is -2.67. The normalized spacial score (nSPS) is 24.4. The Kier molecular flexibility index (Phi) is 4.69. The quantitative estimate of drug-likeness (QED) is 0.641. The number of alkyl halides is 2. The summed E-state index contributed by atoms with van der Waals surface area (Å²) in [5.74, 6) is -1.33. The average molecular weight is 452 g/mol. The largest absolute Gasteiger partial charge is 0.480 e. The van der Waals surface area contributed by atoms with Crippen LogP contribution in [0.3, 0.4) is 0 Å². The highest BCUT2D eigenvalue weighted by molar-refractivity contribution is 5.77. The van der Waals surface area contributed by atoms with E-state index in [1.165, 1.54) is 0 Å². The number of piperidine rings is 1. The molecule has 0 saturated carbocycles. The number of aromatic nitrogens is 3. The van der Waals surface area contributed by atoms with Crippen LogP contribution in [0.1, 0.15) is 24.8 Å². The Labute approximate surface area is 189 Å². The Morgan fingerprint density at radius 3 is 2.79 bits per heavy atom. The standard InChI is InChI=1S/C24H22F2N4O3/c1-31-22-7-14(11-27-30-22)13-2-3-18-15(6-13)12-32-23-19(18)4-5-21(29-23)33-17-8-16-10-24(25,26)20(9-17)28-16/h2-7,11,16-17,20,28H,8-10,12H2,1H3. The maximum atomic E-state index is 14.0. The van der Waals surface area contributed by atoms with Gasteiger partial charge in [-0.2, -0.15) is 10.1 Å². The van der Waals surface area contributed by atoms with Crippen LogP contribution in [-0.4, -0.2) is 46.4 Å². The van der Waals surface area contributed by atoms with Crippen molar-refractivity contribution in [2.45, 2.75) is 50.0 Å². The second kappa shape index (κ2) is 7.62. The lowest BCUT2D eigenvalue weighted by atomic mass is 9.95. The third kappa shape index (κ3) is 3.66. The molecule has 0 amide bonds. The van der Waals surface area contributed by atoms with E-state index >= 15 is 0 Å². The van der Waals surface area contributed by atoms with Crippen molar-refractivity contribution in [3.63, 3.8) is 0 Å². The number of methoxy groups -OCH3 is 1. The van der Waals surface area contributed by atoms with Crippen molar-refractivity contribution in [3.05, 3.63) is 48.2 Å². The van der Waals surface area contributed by atoms with Crippen molar-refractivity contribution in [2.75, 3.05) is 7.11 Å². The van der Waals surface area contributed by atoms with Gasteiger partial charge in [0.25, 0.3) is 5.92 Å². The van der Waals surface area contributed by atoms with Crippen LogP contribution in [-0.2, 0) is 6.61 Å². The highest BCUT2D eigenvalue weighted by atomic mass is 19.3. The van der Waals surface area contributed by atoms with E-state index in [2.05, 4.69) is 26.6 Å². The molecular formula is C24H22F2N4O3. The maximum absolute atomic E-state index is 14.0. The van der Waals surface area contributed by atoms with E-state index in [-0.39, 0.29) is 25.0 Å². The van der Waals surface area contributed by atoms with Gasteiger partial charge >= 0.3 is 0 Å². The third-order valence-corrected chi connectivity index (χ3v) is 6.57. The van der Waals surface area contributed by atoms with Gasteiger partial charge in [-0.25, -0.2) is 8.78 Å². The number of hydrogen-bond acceptors (Lipinski definition) is 7. The molecule has 2 bridgehead atoms. The minimum Gasteiger partial charge on any atom is -0.480 e. The van der Waals surface area contributed by atoms with Crippen molar-refractivity contribution >= 4 is 0 Å². The fourth-order valence-corrected chi connectivity index (χ4v) is 4.98. The fourth-order valence-electron chi connectivity index (χ4n) is 4.98. The molecule has 0 radical (unpaired) electrons. The second-order valence-corrected chi connectivity index (χ2v) is 8.74. The molecule has 33 heavy (non-hydrogen) atoms. The van der Waals surface area contributed by atoms with Crippen LogP contribution in [0, 0.1) is 0 Å². The predicted octanol–water partition coefficient (Wildman–Crippen LogP) is 4.01. The van der Waals surface area contributed by atoms with Crippen LogP contribution < -0.4 is 19.5 Å². The number of pyridine rings is 1. The molecule has 0 spiro atoms. The van der Waals surface area contributed by atoms with E-state index in [0.717, 1.165) is 27.8 Å². The summed E-state index contributed by atoms with van der Waals surface area (Å²) in [6.45, 7) is 0.367. The smallest absolute Gasteiger partial charge is 0.264 e. The van der Waals surface area contributed by atoms with Crippen LogP contribution in [0.15, 0.2) is 42.6 Å². The van der Waals surface area contributed by atoms with Gasteiger partial charge in [0.15, 0.2) is 0 Å². The number of ether oxygens (including phenoxy) is 3. The Balaban J connectivity index is 1.23. The summed E-state index contributed by atoms with van der Waals surface area (Å²) in [5, 5.41) is 10.9. The number of rotatable bonds is 4. The molecule has 2 saturated heterocycles. The molecule has 2 aromatic heterocycles. The molecule has 6 rings (SSSR count). The molecule has 3 aromatic rings. The van der Waals surface area contributed by atoms with Crippen LogP contribution in [0.2, 0.25) is 0 Å². The van der Waals surface area contributed by atoms with Crippen LogP contribution in [0.4, 0.5) is 8.78 Å². The molecule has 7 nitrogen and oxygen atoms in total. The zero-order valence-electron chi connectivity index (χ0n) is 17.9. The SMILES string of the molecule is COc1cc(-c2ccc3c(c2)COc2nc(OC4CC5CC(F)(F)C(C4)N5)ccc2-3)cnn1. The number of nitrogens with zero attached hydrogens (tertiary/aromatic N) is 3. The average Bonchev–Trinajstić information content (AvgIpc) is 3.04. The molecule has 170 valence electrons. The minimum absolute atomic E-state index is 0.126. The van der Waals surface area contributed by atoms with Crippen LogP contribution in [0.5, 0.6) is 17.6 Å². The summed E-state index contributed by atoms with van der Waals surface area (Å²) in [7, 11) is 1.56. The lowest BCUT2D eigenvalue weighted by molar-refractivity contribution is -0.0195. The molecule has 3 atom stereocenters. The van der Waals surface area contributed by atoms with Crippen molar-refractivity contribution in [3.8, 4) is 39.9 Å². The van der Waals surface area contributed by atoms with Gasteiger partial charge in [0.2, 0.25) is 17.6 Å². The number of benzene rings is 1. The van der Waals surface area contributed by atoms with Gasteiger partial charge < -0.3 is 19.5 Å². The van der Waals surface area contributed by atoms with Gasteiger partial charge in [0.05, 0.1) is 19.3 Å². The fraction of sp³-hybridized carbons (Fsp3) is 0.375. The first-order valence-electron chi connectivity index (χ1n) is 10.9. The van der Waals surface area contributed by atoms with Gasteiger partial charge in [0.1, 0.15) is 12.7 Å². The van der Waals surface area contributed by atoms with Gasteiger partial charge in [-0.15, -0.1) is 5.10 Å². The summed E-state index contributed by atoms with van der Waals surface area (Å²) >= 11 is 0. The molecular weight excluding hydrogens is 430 g/mol. The van der Waals surface area contributed by atoms with E-state index in [1.54, 1.807) is 19.4 Å². The van der Waals surface area contributed by atoms with Gasteiger partial charge in [-0.3, -0.25) is 0 Å². The van der Waals surface area contributed by atoms with Crippen molar-refractivity contribution in [1.29, 1.82) is 0 Å². The molecule has 3 unspecified atom stereocenters. The summed E-state index contributed by atoms with van der Waals surface area (Å²) < 4.78 is 45.1. The van der Waals surface area contributed by atoms with Gasteiger partial charge in [0, 0.05) is 42.1 Å². The summed E-state index contributed by atoms with van der Waals surface area (Å²) in [6, 6.07) is 10.6. The van der Waals surface area contributed by atoms with Crippen LogP contribution >= 0.6 is 0 Å². The molecule has 1 aromatic carbocycles. The zero-order valence-corrected chi connectivity index (χ0v) is 17.9. The second-order valence-electron chi connectivity index (χ2n) is 8.74. The molecule has 2 fully saturated rings. The lowest BCUT2D eigenvalue weighted by Crippen LogP contribution is -2.46. The monoisotopic (exact) mass is 452 g/mol. The van der Waals surface area contributed by atoms with Crippen molar-refractivity contribution in [1.82, 2.24) is 20.5 Å². The molecule has 3 aliphatic heterocycles. The molecule has 9 heteroatoms. The number of halogens is 2. The number of fused-ring (bicyclic) bond motifs is 5. The van der Waals surface area contributed by atoms with E-state index < -0.39 is 12.0 Å². The first-order chi connectivity index (χ1) is 16.0.